The first kappa shape index (κ1) is 18.9. The summed E-state index contributed by atoms with van der Waals surface area (Å²) in [7, 11) is -2.24. The largest absolute Gasteiger partial charge is 0.325 e. The number of carbonyl (C=O) groups is 2. The number of hydrogen-bond acceptors (Lipinski definition) is 4. The number of sulfonamides is 1. The number of carbonyl (C=O) groups excluding carboxylic acids is 2. The van der Waals surface area contributed by atoms with Crippen molar-refractivity contribution in [1.82, 2.24) is 4.72 Å². The molecule has 0 bridgehead atoms. The van der Waals surface area contributed by atoms with Gasteiger partial charge in [-0.2, -0.15) is 0 Å². The molecule has 0 atom stereocenters. The molecule has 0 radical (unpaired) electrons. The normalized spacial score (nSPS) is 11.0. The van der Waals surface area contributed by atoms with E-state index >= 15 is 0 Å². The van der Waals surface area contributed by atoms with Gasteiger partial charge in [0.1, 0.15) is 0 Å². The molecule has 0 saturated heterocycles. The fourth-order valence-corrected chi connectivity index (χ4v) is 2.95. The van der Waals surface area contributed by atoms with Gasteiger partial charge in [0.15, 0.2) is 0 Å². The third-order valence-electron chi connectivity index (χ3n) is 3.23. The van der Waals surface area contributed by atoms with E-state index in [9.17, 15) is 18.0 Å². The van der Waals surface area contributed by atoms with Gasteiger partial charge in [-0.1, -0.05) is 11.6 Å². The van der Waals surface area contributed by atoms with Crippen LogP contribution in [0.4, 0.5) is 11.4 Å². The molecular formula is C16H16ClN3O4S. The molecule has 3 N–H and O–H groups in total. The Morgan fingerprint density at radius 2 is 1.64 bits per heavy atom. The van der Waals surface area contributed by atoms with Crippen molar-refractivity contribution in [3.8, 4) is 0 Å². The van der Waals surface area contributed by atoms with E-state index in [0.29, 0.717) is 11.4 Å². The van der Waals surface area contributed by atoms with Crippen LogP contribution in [0.5, 0.6) is 0 Å². The molecule has 25 heavy (non-hydrogen) atoms. The van der Waals surface area contributed by atoms with Crippen LogP contribution in [0.2, 0.25) is 5.02 Å². The van der Waals surface area contributed by atoms with Crippen molar-refractivity contribution in [1.29, 1.82) is 0 Å². The van der Waals surface area contributed by atoms with E-state index in [1.807, 2.05) is 0 Å². The molecule has 0 unspecified atom stereocenters. The van der Waals surface area contributed by atoms with Gasteiger partial charge >= 0.3 is 0 Å². The van der Waals surface area contributed by atoms with E-state index in [2.05, 4.69) is 15.4 Å². The van der Waals surface area contributed by atoms with Gasteiger partial charge in [-0.05, 0) is 49.5 Å². The van der Waals surface area contributed by atoms with Crippen LogP contribution in [-0.4, -0.2) is 27.3 Å². The second kappa shape index (κ2) is 7.64. The van der Waals surface area contributed by atoms with Gasteiger partial charge in [-0.25, -0.2) is 13.1 Å². The lowest BCUT2D eigenvalue weighted by Gasteiger charge is -2.09. The van der Waals surface area contributed by atoms with Crippen molar-refractivity contribution in [2.75, 3.05) is 17.7 Å². The van der Waals surface area contributed by atoms with Crippen molar-refractivity contribution in [2.45, 2.75) is 11.8 Å². The van der Waals surface area contributed by atoms with Gasteiger partial charge < -0.3 is 10.6 Å². The lowest BCUT2D eigenvalue weighted by Crippen LogP contribution is -2.19. The summed E-state index contributed by atoms with van der Waals surface area (Å²) >= 11 is 6.05. The third-order valence-corrected chi connectivity index (χ3v) is 4.98. The van der Waals surface area contributed by atoms with Crippen LogP contribution in [0.15, 0.2) is 47.4 Å². The Morgan fingerprint density at radius 1 is 1.00 bits per heavy atom. The smallest absolute Gasteiger partial charge is 0.255 e. The molecule has 0 heterocycles. The van der Waals surface area contributed by atoms with Crippen molar-refractivity contribution in [3.05, 3.63) is 53.1 Å². The first-order valence-electron chi connectivity index (χ1n) is 7.15. The summed E-state index contributed by atoms with van der Waals surface area (Å²) in [4.78, 5) is 23.3. The fourth-order valence-electron chi connectivity index (χ4n) is 1.99. The zero-order chi connectivity index (χ0) is 18.6. The summed E-state index contributed by atoms with van der Waals surface area (Å²) in [6.45, 7) is 1.37. The molecule has 7 nitrogen and oxygen atoms in total. The quantitative estimate of drug-likeness (QED) is 0.739. The van der Waals surface area contributed by atoms with Gasteiger partial charge in [-0.15, -0.1) is 0 Å². The van der Waals surface area contributed by atoms with Crippen molar-refractivity contribution < 1.29 is 18.0 Å². The molecule has 2 rings (SSSR count). The lowest BCUT2D eigenvalue weighted by molar-refractivity contribution is -0.114. The minimum atomic E-state index is -3.55. The van der Waals surface area contributed by atoms with Gasteiger partial charge in [0.05, 0.1) is 15.6 Å². The van der Waals surface area contributed by atoms with Crippen LogP contribution >= 0.6 is 11.6 Å². The molecule has 0 spiro atoms. The fraction of sp³-hybridized carbons (Fsp3) is 0.125. The monoisotopic (exact) mass is 381 g/mol. The summed E-state index contributed by atoms with van der Waals surface area (Å²) in [5, 5.41) is 5.50. The zero-order valence-corrected chi connectivity index (χ0v) is 15.0. The highest BCUT2D eigenvalue weighted by molar-refractivity contribution is 7.89. The molecular weight excluding hydrogens is 366 g/mol. The summed E-state index contributed by atoms with van der Waals surface area (Å²) in [6, 6.07) is 10.2. The second-order valence-corrected chi connectivity index (χ2v) is 7.36. The predicted molar refractivity (Wildman–Crippen MR) is 96.4 cm³/mol. The average molecular weight is 382 g/mol. The first-order valence-corrected chi connectivity index (χ1v) is 9.01. The average Bonchev–Trinajstić information content (AvgIpc) is 2.57. The van der Waals surface area contributed by atoms with Crippen molar-refractivity contribution in [3.63, 3.8) is 0 Å². The molecule has 0 saturated carbocycles. The maximum absolute atomic E-state index is 12.2. The molecule has 2 amide bonds. The third kappa shape index (κ3) is 4.79. The highest BCUT2D eigenvalue weighted by Gasteiger charge is 2.13. The zero-order valence-electron chi connectivity index (χ0n) is 13.5. The highest BCUT2D eigenvalue weighted by Crippen LogP contribution is 2.25. The van der Waals surface area contributed by atoms with E-state index < -0.39 is 15.9 Å². The van der Waals surface area contributed by atoms with Crippen LogP contribution in [0, 0.1) is 0 Å². The van der Waals surface area contributed by atoms with E-state index in [4.69, 9.17) is 11.6 Å². The van der Waals surface area contributed by atoms with E-state index in [1.54, 1.807) is 12.1 Å². The first-order chi connectivity index (χ1) is 11.7. The van der Waals surface area contributed by atoms with E-state index in [0.717, 1.165) is 0 Å². The Bertz CT molecular complexity index is 911. The maximum Gasteiger partial charge on any atom is 0.255 e. The van der Waals surface area contributed by atoms with Gasteiger partial charge in [0.2, 0.25) is 15.9 Å². The van der Waals surface area contributed by atoms with Crippen LogP contribution in [0.3, 0.4) is 0 Å². The Labute approximate surface area is 150 Å². The number of halogens is 1. The van der Waals surface area contributed by atoms with Gasteiger partial charge in [0.25, 0.3) is 5.91 Å². The molecule has 0 aliphatic carbocycles. The highest BCUT2D eigenvalue weighted by atomic mass is 35.5. The molecule has 0 aliphatic heterocycles. The van der Waals surface area contributed by atoms with Gasteiger partial charge in [-0.3, -0.25) is 9.59 Å². The molecule has 0 aliphatic rings. The predicted octanol–water partition coefficient (Wildman–Crippen LogP) is 2.46. The Morgan fingerprint density at radius 3 is 2.16 bits per heavy atom. The number of anilines is 2. The van der Waals surface area contributed by atoms with Crippen LogP contribution in [0.25, 0.3) is 0 Å². The minimum absolute atomic E-state index is 0.0641. The number of hydrogen-bond donors (Lipinski definition) is 3. The lowest BCUT2D eigenvalue weighted by atomic mass is 10.2. The van der Waals surface area contributed by atoms with Crippen LogP contribution in [-0.2, 0) is 14.8 Å². The Kier molecular flexibility index (Phi) is 5.78. The van der Waals surface area contributed by atoms with Crippen LogP contribution in [0.1, 0.15) is 17.3 Å². The topological polar surface area (TPSA) is 104 Å². The van der Waals surface area contributed by atoms with Crippen LogP contribution < -0.4 is 15.4 Å². The Balaban J connectivity index is 2.14. The second-order valence-electron chi connectivity index (χ2n) is 5.06. The number of amides is 2. The van der Waals surface area contributed by atoms with E-state index in [1.165, 1.54) is 44.3 Å². The van der Waals surface area contributed by atoms with Gasteiger partial charge in [0, 0.05) is 18.2 Å². The number of benzene rings is 2. The summed E-state index contributed by atoms with van der Waals surface area (Å²) in [5.74, 6) is -0.674. The van der Waals surface area contributed by atoms with Crippen molar-refractivity contribution >= 4 is 44.8 Å². The molecule has 132 valence electrons. The molecule has 0 fully saturated rings. The standard InChI is InChI=1S/C16H16ClN3O4S/c1-10(21)19-15-8-5-12(9-14(15)17)20-16(22)11-3-6-13(7-4-11)25(23,24)18-2/h3-9,18H,1-2H3,(H,19,21)(H,20,22). The molecule has 2 aromatic carbocycles. The van der Waals surface area contributed by atoms with E-state index in [-0.39, 0.29) is 21.4 Å². The number of nitrogens with one attached hydrogen (secondary N) is 3. The van der Waals surface area contributed by atoms with Crippen molar-refractivity contribution in [2.24, 2.45) is 0 Å². The Hall–Kier alpha value is -2.42. The number of rotatable bonds is 5. The molecule has 2 aromatic rings. The molecule has 9 heteroatoms. The maximum atomic E-state index is 12.2. The SMILES string of the molecule is CNS(=O)(=O)c1ccc(C(=O)Nc2ccc(NC(C)=O)c(Cl)c2)cc1. The summed E-state index contributed by atoms with van der Waals surface area (Å²) in [6.07, 6.45) is 0. The minimum Gasteiger partial charge on any atom is -0.325 e. The molecule has 0 aromatic heterocycles. The summed E-state index contributed by atoms with van der Waals surface area (Å²) < 4.78 is 25.5. The summed E-state index contributed by atoms with van der Waals surface area (Å²) in [5.41, 5.74) is 1.17.